The monoisotopic (exact) mass is 225 g/mol. The summed E-state index contributed by atoms with van der Waals surface area (Å²) in [4.78, 5) is 14.1. The molecular formula is C10H11NOS2. The van der Waals surface area contributed by atoms with Gasteiger partial charge in [0.25, 0.3) is 0 Å². The maximum atomic E-state index is 11.2. The lowest BCUT2D eigenvalue weighted by atomic mass is 10.2. The van der Waals surface area contributed by atoms with E-state index in [0.717, 1.165) is 34.8 Å². The quantitative estimate of drug-likeness (QED) is 0.586. The Bertz CT molecular complexity index is 395. The van der Waals surface area contributed by atoms with Crippen LogP contribution in [0.15, 0.2) is 6.07 Å². The van der Waals surface area contributed by atoms with Crippen molar-refractivity contribution in [3.05, 3.63) is 21.4 Å². The molecule has 4 heteroatoms. The van der Waals surface area contributed by atoms with Crippen LogP contribution in [0, 0.1) is 0 Å². The number of hydrogen-bond acceptors (Lipinski definition) is 3. The van der Waals surface area contributed by atoms with Gasteiger partial charge in [-0.05, 0) is 25.8 Å². The molecule has 0 fully saturated rings. The van der Waals surface area contributed by atoms with Gasteiger partial charge in [0, 0.05) is 17.0 Å². The first-order valence-electron chi connectivity index (χ1n) is 4.60. The number of aryl methyl sites for hydroxylation is 1. The minimum atomic E-state index is 0.130. The second-order valence-electron chi connectivity index (χ2n) is 3.36. The Morgan fingerprint density at radius 3 is 3.14 bits per heavy atom. The number of ketones is 1. The van der Waals surface area contributed by atoms with Gasteiger partial charge in [-0.25, -0.2) is 0 Å². The molecule has 1 aromatic rings. The van der Waals surface area contributed by atoms with Crippen LogP contribution in [0.25, 0.3) is 0 Å². The van der Waals surface area contributed by atoms with Crippen molar-refractivity contribution < 1.29 is 4.79 Å². The molecule has 1 aromatic heterocycles. The van der Waals surface area contributed by atoms with Crippen molar-refractivity contribution in [1.29, 1.82) is 0 Å². The lowest BCUT2D eigenvalue weighted by molar-refractivity contribution is 0.102. The number of carbonyl (C=O) groups excluding carboxylic acids is 1. The third-order valence-corrected chi connectivity index (χ3v) is 3.93. The molecule has 0 spiro atoms. The highest BCUT2D eigenvalue weighted by atomic mass is 32.1. The lowest BCUT2D eigenvalue weighted by Crippen LogP contribution is -2.21. The molecule has 2 rings (SSSR count). The largest absolute Gasteiger partial charge is 0.376 e. The topological polar surface area (TPSA) is 29.1 Å². The normalized spacial score (nSPS) is 15.6. The van der Waals surface area contributed by atoms with Gasteiger partial charge in [-0.1, -0.05) is 12.2 Å². The number of thiocarbonyl (C=S) groups is 1. The van der Waals surface area contributed by atoms with Crippen LogP contribution in [0.1, 0.15) is 33.5 Å². The molecule has 1 N–H and O–H groups in total. The molecule has 2 heterocycles. The smallest absolute Gasteiger partial charge is 0.169 e. The minimum Gasteiger partial charge on any atom is -0.376 e. The molecule has 0 aromatic carbocycles. The first-order valence-corrected chi connectivity index (χ1v) is 5.83. The molecule has 0 atom stereocenters. The maximum Gasteiger partial charge on any atom is 0.169 e. The Balaban J connectivity index is 2.44. The SMILES string of the molecule is CC(=O)c1cc2c(s1)CCCNC2=S. The number of carbonyl (C=O) groups is 1. The van der Waals surface area contributed by atoms with Gasteiger partial charge in [0.05, 0.1) is 4.88 Å². The number of hydrogen-bond donors (Lipinski definition) is 1. The van der Waals surface area contributed by atoms with E-state index in [1.165, 1.54) is 4.88 Å². The summed E-state index contributed by atoms with van der Waals surface area (Å²) in [5.74, 6) is 0.130. The standard InChI is InChI=1S/C10H11NOS2/c1-6(12)9-5-7-8(14-9)3-2-4-11-10(7)13/h5H,2-4H2,1H3,(H,11,13). The highest BCUT2D eigenvalue weighted by Gasteiger charge is 2.17. The zero-order chi connectivity index (χ0) is 10.1. The third-order valence-electron chi connectivity index (χ3n) is 2.27. The average molecular weight is 225 g/mol. The van der Waals surface area contributed by atoms with Crippen LogP contribution in [0.5, 0.6) is 0 Å². The van der Waals surface area contributed by atoms with Crippen LogP contribution in [0.4, 0.5) is 0 Å². The summed E-state index contributed by atoms with van der Waals surface area (Å²) >= 11 is 6.81. The number of Topliss-reactive ketones (excluding diaryl/α,β-unsaturated/α-hetero) is 1. The summed E-state index contributed by atoms with van der Waals surface area (Å²) in [7, 11) is 0. The van der Waals surface area contributed by atoms with Gasteiger partial charge in [0.15, 0.2) is 5.78 Å². The van der Waals surface area contributed by atoms with Gasteiger partial charge in [-0.15, -0.1) is 11.3 Å². The van der Waals surface area contributed by atoms with E-state index in [1.807, 2.05) is 6.07 Å². The predicted molar refractivity (Wildman–Crippen MR) is 62.3 cm³/mol. The molecule has 74 valence electrons. The summed E-state index contributed by atoms with van der Waals surface area (Å²) in [5, 5.41) is 3.18. The maximum absolute atomic E-state index is 11.2. The van der Waals surface area contributed by atoms with E-state index in [4.69, 9.17) is 12.2 Å². The third kappa shape index (κ3) is 1.72. The molecule has 0 radical (unpaired) electrons. The van der Waals surface area contributed by atoms with Crippen molar-refractivity contribution in [2.45, 2.75) is 19.8 Å². The summed E-state index contributed by atoms with van der Waals surface area (Å²) in [6, 6.07) is 1.92. The number of rotatable bonds is 1. The van der Waals surface area contributed by atoms with Crippen molar-refractivity contribution >= 4 is 34.3 Å². The summed E-state index contributed by atoms with van der Waals surface area (Å²) in [5.41, 5.74) is 1.06. The van der Waals surface area contributed by atoms with Gasteiger partial charge in [-0.3, -0.25) is 4.79 Å². The molecule has 14 heavy (non-hydrogen) atoms. The van der Waals surface area contributed by atoms with E-state index in [1.54, 1.807) is 18.3 Å². The number of nitrogens with one attached hydrogen (secondary N) is 1. The first-order chi connectivity index (χ1) is 6.68. The molecule has 1 aliphatic heterocycles. The Kier molecular flexibility index (Phi) is 2.65. The van der Waals surface area contributed by atoms with Gasteiger partial charge < -0.3 is 5.32 Å². The summed E-state index contributed by atoms with van der Waals surface area (Å²) < 4.78 is 0. The molecule has 0 aliphatic carbocycles. The fourth-order valence-corrected chi connectivity index (χ4v) is 2.98. The fraction of sp³-hybridized carbons (Fsp3) is 0.400. The first kappa shape index (κ1) is 9.80. The van der Waals surface area contributed by atoms with Gasteiger partial charge in [-0.2, -0.15) is 0 Å². The van der Waals surface area contributed by atoms with Gasteiger partial charge in [0.2, 0.25) is 0 Å². The molecule has 0 saturated heterocycles. The fourth-order valence-electron chi connectivity index (χ4n) is 1.53. The Labute approximate surface area is 92.3 Å². The Hall–Kier alpha value is -0.740. The Morgan fingerprint density at radius 1 is 1.64 bits per heavy atom. The van der Waals surface area contributed by atoms with E-state index in [9.17, 15) is 4.79 Å². The van der Waals surface area contributed by atoms with E-state index in [-0.39, 0.29) is 5.78 Å². The van der Waals surface area contributed by atoms with Gasteiger partial charge >= 0.3 is 0 Å². The van der Waals surface area contributed by atoms with Crippen LogP contribution in [0.3, 0.4) is 0 Å². The number of fused-ring (bicyclic) bond motifs is 1. The Morgan fingerprint density at radius 2 is 2.43 bits per heavy atom. The van der Waals surface area contributed by atoms with E-state index < -0.39 is 0 Å². The van der Waals surface area contributed by atoms with Crippen LogP contribution < -0.4 is 5.32 Å². The minimum absolute atomic E-state index is 0.130. The summed E-state index contributed by atoms with van der Waals surface area (Å²) in [6.45, 7) is 2.54. The predicted octanol–water partition coefficient (Wildman–Crippen LogP) is 2.16. The molecule has 0 amide bonds. The molecular weight excluding hydrogens is 214 g/mol. The van der Waals surface area contributed by atoms with Crippen molar-refractivity contribution in [3.63, 3.8) is 0 Å². The second kappa shape index (κ2) is 3.79. The zero-order valence-corrected chi connectivity index (χ0v) is 9.56. The molecule has 1 aliphatic rings. The molecule has 0 bridgehead atoms. The second-order valence-corrected chi connectivity index (χ2v) is 4.91. The van der Waals surface area contributed by atoms with Crippen molar-refractivity contribution in [2.75, 3.05) is 6.54 Å². The zero-order valence-electron chi connectivity index (χ0n) is 7.92. The average Bonchev–Trinajstić information content (AvgIpc) is 2.49. The van der Waals surface area contributed by atoms with Gasteiger partial charge in [0.1, 0.15) is 4.99 Å². The highest BCUT2D eigenvalue weighted by Crippen LogP contribution is 2.26. The lowest BCUT2D eigenvalue weighted by Gasteiger charge is -2.00. The number of thiophene rings is 1. The molecule has 0 saturated carbocycles. The van der Waals surface area contributed by atoms with Crippen molar-refractivity contribution in [3.8, 4) is 0 Å². The van der Waals surface area contributed by atoms with E-state index in [2.05, 4.69) is 5.32 Å². The van der Waals surface area contributed by atoms with Crippen LogP contribution in [0.2, 0.25) is 0 Å². The van der Waals surface area contributed by atoms with E-state index in [0.29, 0.717) is 0 Å². The molecule has 2 nitrogen and oxygen atoms in total. The van der Waals surface area contributed by atoms with Crippen molar-refractivity contribution in [2.24, 2.45) is 0 Å². The summed E-state index contributed by atoms with van der Waals surface area (Å²) in [6.07, 6.45) is 2.12. The van der Waals surface area contributed by atoms with Crippen molar-refractivity contribution in [1.82, 2.24) is 5.32 Å². The highest BCUT2D eigenvalue weighted by molar-refractivity contribution is 7.80. The van der Waals surface area contributed by atoms with Crippen LogP contribution >= 0.6 is 23.6 Å². The van der Waals surface area contributed by atoms with Crippen LogP contribution in [-0.4, -0.2) is 17.3 Å². The molecule has 0 unspecified atom stereocenters. The van der Waals surface area contributed by atoms with E-state index >= 15 is 0 Å². The van der Waals surface area contributed by atoms with Crippen LogP contribution in [-0.2, 0) is 6.42 Å².